The number of carbonyl (C=O) groups is 1. The summed E-state index contributed by atoms with van der Waals surface area (Å²) in [4.78, 5) is 12.4. The Morgan fingerprint density at radius 3 is 2.73 bits per heavy atom. The number of rotatable bonds is 4. The van der Waals surface area contributed by atoms with Crippen molar-refractivity contribution < 1.29 is 4.79 Å². The first-order valence-electron chi connectivity index (χ1n) is 4.95. The minimum absolute atomic E-state index is 0.478. The van der Waals surface area contributed by atoms with Crippen molar-refractivity contribution in [2.75, 3.05) is 0 Å². The predicted octanol–water partition coefficient (Wildman–Crippen LogP) is 3.73. The van der Waals surface area contributed by atoms with E-state index in [0.29, 0.717) is 0 Å². The van der Waals surface area contributed by atoms with Crippen molar-refractivity contribution >= 4 is 17.6 Å². The van der Waals surface area contributed by atoms with Gasteiger partial charge in [0.15, 0.2) is 0 Å². The maximum atomic E-state index is 11.3. The van der Waals surface area contributed by atoms with Gasteiger partial charge in [-0.2, -0.15) is 0 Å². The summed E-state index contributed by atoms with van der Waals surface area (Å²) in [5.74, 6) is 0. The molecular weight excluding hydrogens is 204 g/mol. The average molecular weight is 220 g/mol. The van der Waals surface area contributed by atoms with Crippen LogP contribution in [0, 0.1) is 0 Å². The number of aldehydes is 1. The molecule has 0 saturated heterocycles. The van der Waals surface area contributed by atoms with Crippen LogP contribution in [0.1, 0.15) is 25.6 Å². The first-order valence-corrected chi connectivity index (χ1v) is 5.83. The molecule has 0 aliphatic heterocycles. The summed E-state index contributed by atoms with van der Waals surface area (Å²) in [5, 5.41) is 2.00. The molecule has 1 rings (SSSR count). The standard InChI is InChI=1S/C13H16OS/c1-4-5-7-11(2)13(3,10-14)12-8-6-9-15-12/h4-10H,1-3H3/b5-4-,11-7+. The second-order valence-electron chi connectivity index (χ2n) is 3.67. The monoisotopic (exact) mass is 220 g/mol. The van der Waals surface area contributed by atoms with Crippen LogP contribution in [-0.4, -0.2) is 6.29 Å². The van der Waals surface area contributed by atoms with Gasteiger partial charge < -0.3 is 4.79 Å². The van der Waals surface area contributed by atoms with Gasteiger partial charge in [-0.1, -0.05) is 29.9 Å². The highest BCUT2D eigenvalue weighted by Crippen LogP contribution is 2.32. The molecule has 1 heterocycles. The fraction of sp³-hybridized carbons (Fsp3) is 0.308. The molecule has 80 valence electrons. The highest BCUT2D eigenvalue weighted by Gasteiger charge is 2.28. The Labute approximate surface area is 95.1 Å². The molecule has 15 heavy (non-hydrogen) atoms. The Bertz CT molecular complexity index is 373. The van der Waals surface area contributed by atoms with Gasteiger partial charge in [-0.05, 0) is 32.2 Å². The highest BCUT2D eigenvalue weighted by molar-refractivity contribution is 7.10. The van der Waals surface area contributed by atoms with Crippen LogP contribution in [0.5, 0.6) is 0 Å². The van der Waals surface area contributed by atoms with Crippen LogP contribution in [0.15, 0.2) is 41.3 Å². The summed E-state index contributed by atoms with van der Waals surface area (Å²) in [6, 6.07) is 3.98. The van der Waals surface area contributed by atoms with E-state index in [9.17, 15) is 4.79 Å². The normalized spacial score (nSPS) is 16.6. The summed E-state index contributed by atoms with van der Waals surface area (Å²) in [6.07, 6.45) is 6.94. The van der Waals surface area contributed by atoms with E-state index in [1.165, 1.54) is 0 Å². The first kappa shape index (κ1) is 11.9. The molecule has 2 heteroatoms. The van der Waals surface area contributed by atoms with E-state index in [0.717, 1.165) is 16.7 Å². The quantitative estimate of drug-likeness (QED) is 0.558. The smallest absolute Gasteiger partial charge is 0.135 e. The predicted molar refractivity (Wildman–Crippen MR) is 66.3 cm³/mol. The maximum absolute atomic E-state index is 11.3. The second kappa shape index (κ2) is 5.08. The molecule has 0 aromatic carbocycles. The Hall–Kier alpha value is -1.15. The summed E-state index contributed by atoms with van der Waals surface area (Å²) in [6.45, 7) is 5.92. The van der Waals surface area contributed by atoms with Gasteiger partial charge in [0.2, 0.25) is 0 Å². The van der Waals surface area contributed by atoms with Gasteiger partial charge in [0.25, 0.3) is 0 Å². The van der Waals surface area contributed by atoms with Crippen LogP contribution in [0.4, 0.5) is 0 Å². The molecule has 0 radical (unpaired) electrons. The van der Waals surface area contributed by atoms with E-state index >= 15 is 0 Å². The van der Waals surface area contributed by atoms with Crippen LogP contribution in [0.25, 0.3) is 0 Å². The van der Waals surface area contributed by atoms with Crippen molar-refractivity contribution in [3.63, 3.8) is 0 Å². The molecule has 0 aliphatic rings. The minimum Gasteiger partial charge on any atom is -0.302 e. The molecule has 1 aromatic heterocycles. The fourth-order valence-electron chi connectivity index (χ4n) is 1.33. The van der Waals surface area contributed by atoms with E-state index in [1.807, 2.05) is 56.5 Å². The zero-order valence-corrected chi connectivity index (χ0v) is 10.2. The Morgan fingerprint density at radius 1 is 1.53 bits per heavy atom. The van der Waals surface area contributed by atoms with Gasteiger partial charge in [0.05, 0.1) is 5.41 Å². The largest absolute Gasteiger partial charge is 0.302 e. The molecule has 0 amide bonds. The van der Waals surface area contributed by atoms with E-state index in [2.05, 4.69) is 0 Å². The van der Waals surface area contributed by atoms with Crippen LogP contribution < -0.4 is 0 Å². The van der Waals surface area contributed by atoms with Crippen LogP contribution in [0.3, 0.4) is 0 Å². The lowest BCUT2D eigenvalue weighted by Gasteiger charge is -2.22. The van der Waals surface area contributed by atoms with Crippen molar-refractivity contribution in [3.05, 3.63) is 46.2 Å². The van der Waals surface area contributed by atoms with Gasteiger partial charge in [0, 0.05) is 4.88 Å². The van der Waals surface area contributed by atoms with Crippen LogP contribution >= 0.6 is 11.3 Å². The van der Waals surface area contributed by atoms with Crippen molar-refractivity contribution in [2.24, 2.45) is 0 Å². The van der Waals surface area contributed by atoms with Crippen LogP contribution in [-0.2, 0) is 10.2 Å². The van der Waals surface area contributed by atoms with Crippen molar-refractivity contribution in [1.82, 2.24) is 0 Å². The Balaban J connectivity index is 3.11. The number of thiophene rings is 1. The number of hydrogen-bond donors (Lipinski definition) is 0. The topological polar surface area (TPSA) is 17.1 Å². The lowest BCUT2D eigenvalue weighted by atomic mass is 9.82. The Kier molecular flexibility index (Phi) is 4.04. The first-order chi connectivity index (χ1) is 7.15. The third-order valence-electron chi connectivity index (χ3n) is 2.63. The zero-order valence-electron chi connectivity index (χ0n) is 9.36. The summed E-state index contributed by atoms with van der Waals surface area (Å²) < 4.78 is 0. The molecule has 0 saturated carbocycles. The molecule has 0 fully saturated rings. The molecule has 1 atom stereocenters. The number of carbonyl (C=O) groups excluding carboxylic acids is 1. The molecule has 1 unspecified atom stereocenters. The Morgan fingerprint density at radius 2 is 2.27 bits per heavy atom. The lowest BCUT2D eigenvalue weighted by molar-refractivity contribution is -0.110. The van der Waals surface area contributed by atoms with E-state index in [1.54, 1.807) is 11.3 Å². The third kappa shape index (κ3) is 2.45. The third-order valence-corrected chi connectivity index (χ3v) is 3.73. The van der Waals surface area contributed by atoms with Gasteiger partial charge >= 0.3 is 0 Å². The lowest BCUT2D eigenvalue weighted by Crippen LogP contribution is -2.23. The van der Waals surface area contributed by atoms with Gasteiger partial charge in [-0.25, -0.2) is 0 Å². The molecular formula is C13H16OS. The minimum atomic E-state index is -0.478. The van der Waals surface area contributed by atoms with E-state index in [-0.39, 0.29) is 0 Å². The van der Waals surface area contributed by atoms with Gasteiger partial charge in [0.1, 0.15) is 6.29 Å². The molecule has 0 spiro atoms. The van der Waals surface area contributed by atoms with Crippen molar-refractivity contribution in [3.8, 4) is 0 Å². The van der Waals surface area contributed by atoms with Gasteiger partial charge in [-0.15, -0.1) is 11.3 Å². The molecule has 0 bridgehead atoms. The zero-order chi connectivity index (χ0) is 11.3. The summed E-state index contributed by atoms with van der Waals surface area (Å²) in [7, 11) is 0. The summed E-state index contributed by atoms with van der Waals surface area (Å²) in [5.41, 5.74) is 0.589. The molecule has 1 aromatic rings. The van der Waals surface area contributed by atoms with Crippen molar-refractivity contribution in [1.29, 1.82) is 0 Å². The van der Waals surface area contributed by atoms with E-state index in [4.69, 9.17) is 0 Å². The number of hydrogen-bond acceptors (Lipinski definition) is 2. The van der Waals surface area contributed by atoms with Crippen LogP contribution in [0.2, 0.25) is 0 Å². The highest BCUT2D eigenvalue weighted by atomic mass is 32.1. The molecule has 0 N–H and O–H groups in total. The number of allylic oxidation sites excluding steroid dienone is 4. The van der Waals surface area contributed by atoms with Crippen molar-refractivity contribution in [2.45, 2.75) is 26.2 Å². The second-order valence-corrected chi connectivity index (χ2v) is 4.62. The van der Waals surface area contributed by atoms with E-state index < -0.39 is 5.41 Å². The molecule has 0 aliphatic carbocycles. The average Bonchev–Trinajstić information content (AvgIpc) is 2.78. The fourth-order valence-corrected chi connectivity index (χ4v) is 2.25. The SMILES string of the molecule is C/C=C\C=C(/C)C(C)(C=O)c1cccs1. The molecule has 1 nitrogen and oxygen atoms in total. The van der Waals surface area contributed by atoms with Gasteiger partial charge in [-0.3, -0.25) is 0 Å². The summed E-state index contributed by atoms with van der Waals surface area (Å²) >= 11 is 1.62. The maximum Gasteiger partial charge on any atom is 0.135 e.